The number of nitrogens with zero attached hydrogens (tertiary/aromatic N) is 1. The molecule has 0 aromatic carbocycles. The Balaban J connectivity index is 0. The molecular formula is C8H13N2NaO4. The van der Waals surface area contributed by atoms with Gasteiger partial charge in [-0.25, -0.2) is 0 Å². The Hall–Kier alpha value is -0.590. The number of nitrogens with one attached hydrogen (secondary N) is 1. The number of hydrogen-bond donors (Lipinski definition) is 2. The average molecular weight is 224 g/mol. The molecule has 0 aliphatic rings. The Morgan fingerprint density at radius 3 is 2.20 bits per heavy atom. The number of aliphatic carboxylic acids is 1. The van der Waals surface area contributed by atoms with E-state index in [1.165, 1.54) is 20.8 Å². The Morgan fingerprint density at radius 1 is 1.40 bits per heavy atom. The molecule has 2 atom stereocenters. The van der Waals surface area contributed by atoms with E-state index in [0.29, 0.717) is 0 Å². The maximum absolute atomic E-state index is 11.2. The van der Waals surface area contributed by atoms with E-state index in [-0.39, 0.29) is 29.6 Å². The fraction of sp³-hybridized carbons (Fsp3) is 0.625. The van der Waals surface area contributed by atoms with Crippen LogP contribution in [0.3, 0.4) is 0 Å². The van der Waals surface area contributed by atoms with Gasteiger partial charge in [0.25, 0.3) is 0 Å². The van der Waals surface area contributed by atoms with Gasteiger partial charge in [-0.15, -0.1) is 0 Å². The van der Waals surface area contributed by atoms with Crippen molar-refractivity contribution in [2.24, 2.45) is 4.99 Å². The second-order valence-corrected chi connectivity index (χ2v) is 2.89. The van der Waals surface area contributed by atoms with Gasteiger partial charge in [-0.1, -0.05) is 0 Å². The minimum absolute atomic E-state index is 0. The van der Waals surface area contributed by atoms with Crippen molar-refractivity contribution in [3.05, 3.63) is 0 Å². The predicted octanol–water partition coefficient (Wildman–Crippen LogP) is -4.25. The van der Waals surface area contributed by atoms with Crippen LogP contribution in [0.15, 0.2) is 4.99 Å². The van der Waals surface area contributed by atoms with Crippen molar-refractivity contribution in [1.29, 1.82) is 0 Å². The number of carboxylic acid groups (broad SMARTS) is 1. The fourth-order valence-corrected chi connectivity index (χ4v) is 0.727. The fourth-order valence-electron chi connectivity index (χ4n) is 0.727. The topological polar surface area (TPSA) is 102 Å². The summed E-state index contributed by atoms with van der Waals surface area (Å²) < 4.78 is 0. The SMILES string of the molecule is CC([O-])=N[C@H](C)C(=O)N[C@@H](C)C(=O)O.[Na+]. The van der Waals surface area contributed by atoms with E-state index in [2.05, 4.69) is 10.3 Å². The van der Waals surface area contributed by atoms with Gasteiger partial charge in [0.1, 0.15) is 12.1 Å². The summed E-state index contributed by atoms with van der Waals surface area (Å²) in [4.78, 5) is 25.0. The van der Waals surface area contributed by atoms with E-state index in [0.717, 1.165) is 0 Å². The molecule has 7 heteroatoms. The first-order valence-corrected chi connectivity index (χ1v) is 4.09. The third kappa shape index (κ3) is 7.35. The van der Waals surface area contributed by atoms with Gasteiger partial charge < -0.3 is 15.5 Å². The summed E-state index contributed by atoms with van der Waals surface area (Å²) in [6.07, 6.45) is 0. The summed E-state index contributed by atoms with van der Waals surface area (Å²) >= 11 is 0. The van der Waals surface area contributed by atoms with Crippen molar-refractivity contribution in [1.82, 2.24) is 5.32 Å². The summed E-state index contributed by atoms with van der Waals surface area (Å²) in [6.45, 7) is 3.98. The van der Waals surface area contributed by atoms with Crippen LogP contribution in [0.25, 0.3) is 0 Å². The molecule has 0 aromatic heterocycles. The van der Waals surface area contributed by atoms with Gasteiger partial charge in [0, 0.05) is 0 Å². The largest absolute Gasteiger partial charge is 1.00 e. The van der Waals surface area contributed by atoms with Gasteiger partial charge in [0.05, 0.1) is 0 Å². The molecule has 0 spiro atoms. The maximum atomic E-state index is 11.2. The molecular weight excluding hydrogens is 211 g/mol. The van der Waals surface area contributed by atoms with Crippen molar-refractivity contribution in [2.75, 3.05) is 0 Å². The van der Waals surface area contributed by atoms with Crippen molar-refractivity contribution in [3.63, 3.8) is 0 Å². The molecule has 0 saturated heterocycles. The van der Waals surface area contributed by atoms with Gasteiger partial charge >= 0.3 is 35.5 Å². The number of carbonyl (C=O) groups excluding carboxylic acids is 1. The number of rotatable bonds is 4. The Kier molecular flexibility index (Phi) is 8.60. The van der Waals surface area contributed by atoms with Crippen molar-refractivity contribution >= 4 is 17.8 Å². The first-order chi connectivity index (χ1) is 6.34. The second-order valence-electron chi connectivity index (χ2n) is 2.89. The van der Waals surface area contributed by atoms with Crippen LogP contribution in [0.2, 0.25) is 0 Å². The van der Waals surface area contributed by atoms with Crippen LogP contribution in [-0.4, -0.2) is 35.0 Å². The first-order valence-electron chi connectivity index (χ1n) is 4.09. The van der Waals surface area contributed by atoms with Gasteiger partial charge in [0.2, 0.25) is 5.91 Å². The molecule has 0 unspecified atom stereocenters. The van der Waals surface area contributed by atoms with E-state index in [1.54, 1.807) is 0 Å². The molecule has 0 aliphatic heterocycles. The third-order valence-corrected chi connectivity index (χ3v) is 1.48. The number of amides is 1. The number of hydrogen-bond acceptors (Lipinski definition) is 4. The van der Waals surface area contributed by atoms with Gasteiger partial charge in [0.15, 0.2) is 0 Å². The molecule has 6 nitrogen and oxygen atoms in total. The molecule has 0 saturated carbocycles. The molecule has 0 radical (unpaired) electrons. The quantitative estimate of drug-likeness (QED) is 0.287. The normalized spacial score (nSPS) is 14.7. The van der Waals surface area contributed by atoms with Crippen LogP contribution >= 0.6 is 0 Å². The van der Waals surface area contributed by atoms with Crippen LogP contribution in [0.5, 0.6) is 0 Å². The summed E-state index contributed by atoms with van der Waals surface area (Å²) in [5.74, 6) is -2.17. The van der Waals surface area contributed by atoms with Crippen LogP contribution in [-0.2, 0) is 9.59 Å². The molecule has 0 bridgehead atoms. The summed E-state index contributed by atoms with van der Waals surface area (Å²) in [7, 11) is 0. The number of aliphatic imine (C=N–C) groups is 1. The standard InChI is InChI=1S/C8H14N2O4.Na/c1-4(9-6(3)11)7(12)10-5(2)8(13)14;/h4-5H,1-3H3,(H,9,11)(H,10,12)(H,13,14);/q;+1/p-1/t4-,5+;/m1./s1. The zero-order valence-electron chi connectivity index (χ0n) is 9.27. The molecule has 0 aliphatic carbocycles. The Labute approximate surface area is 110 Å². The first kappa shape index (κ1) is 16.8. The third-order valence-electron chi connectivity index (χ3n) is 1.48. The number of carboxylic acids is 1. The van der Waals surface area contributed by atoms with Crippen molar-refractivity contribution in [2.45, 2.75) is 32.9 Å². The molecule has 0 fully saturated rings. The molecule has 0 heterocycles. The predicted molar refractivity (Wildman–Crippen MR) is 47.8 cm³/mol. The van der Waals surface area contributed by atoms with E-state index in [1.807, 2.05) is 0 Å². The van der Waals surface area contributed by atoms with Gasteiger partial charge in [-0.3, -0.25) is 14.6 Å². The Morgan fingerprint density at radius 2 is 1.87 bits per heavy atom. The van der Waals surface area contributed by atoms with Gasteiger partial charge in [-0.2, -0.15) is 0 Å². The van der Waals surface area contributed by atoms with Crippen LogP contribution in [0.1, 0.15) is 20.8 Å². The molecule has 0 aromatic rings. The zero-order valence-corrected chi connectivity index (χ0v) is 11.3. The van der Waals surface area contributed by atoms with E-state index in [9.17, 15) is 14.7 Å². The van der Waals surface area contributed by atoms with Gasteiger partial charge in [-0.05, 0) is 26.7 Å². The molecule has 0 rings (SSSR count). The van der Waals surface area contributed by atoms with Crippen LogP contribution in [0.4, 0.5) is 0 Å². The van der Waals surface area contributed by atoms with Crippen molar-refractivity contribution < 1.29 is 49.4 Å². The molecule has 1 amide bonds. The van der Waals surface area contributed by atoms with Crippen LogP contribution < -0.4 is 40.0 Å². The molecule has 2 N–H and O–H groups in total. The summed E-state index contributed by atoms with van der Waals surface area (Å²) in [6, 6.07) is -1.83. The van der Waals surface area contributed by atoms with Crippen molar-refractivity contribution in [3.8, 4) is 0 Å². The maximum Gasteiger partial charge on any atom is 1.00 e. The minimum atomic E-state index is -1.13. The molecule has 80 valence electrons. The van der Waals surface area contributed by atoms with E-state index in [4.69, 9.17) is 5.11 Å². The molecule has 15 heavy (non-hydrogen) atoms. The zero-order chi connectivity index (χ0) is 11.3. The van der Waals surface area contributed by atoms with E-state index < -0.39 is 29.9 Å². The Bertz CT molecular complexity index is 263. The smallest absolute Gasteiger partial charge is 0.862 e. The second kappa shape index (κ2) is 7.67. The van der Waals surface area contributed by atoms with Crippen LogP contribution in [0, 0.1) is 0 Å². The van der Waals surface area contributed by atoms with E-state index >= 15 is 0 Å². The monoisotopic (exact) mass is 224 g/mol. The summed E-state index contributed by atoms with van der Waals surface area (Å²) in [5.41, 5.74) is 0. The number of carbonyl (C=O) groups is 2. The summed E-state index contributed by atoms with van der Waals surface area (Å²) in [5, 5.41) is 21.2. The minimum Gasteiger partial charge on any atom is -0.862 e. The average Bonchev–Trinajstić information content (AvgIpc) is 2.02.